The van der Waals surface area contributed by atoms with Crippen LogP contribution < -0.4 is 5.32 Å². The second-order valence-electron chi connectivity index (χ2n) is 7.65. The number of aryl methyl sites for hydroxylation is 1. The molecule has 134 valence electrons. The number of para-hydroxylation sites is 1. The van der Waals surface area contributed by atoms with Crippen molar-refractivity contribution in [2.24, 2.45) is 5.41 Å². The van der Waals surface area contributed by atoms with Gasteiger partial charge in [-0.3, -0.25) is 4.79 Å². The summed E-state index contributed by atoms with van der Waals surface area (Å²) in [5, 5.41) is 7.91. The van der Waals surface area contributed by atoms with Crippen molar-refractivity contribution < 1.29 is 4.79 Å². The fourth-order valence-electron chi connectivity index (χ4n) is 3.64. The van der Waals surface area contributed by atoms with E-state index in [1.54, 1.807) is 11.8 Å². The molecule has 0 bridgehead atoms. The number of nitrogens with one attached hydrogen (secondary N) is 1. The van der Waals surface area contributed by atoms with Crippen LogP contribution in [-0.4, -0.2) is 27.7 Å². The summed E-state index contributed by atoms with van der Waals surface area (Å²) in [5.41, 5.74) is 4.84. The molecule has 2 aromatic rings. The molecule has 1 aliphatic carbocycles. The van der Waals surface area contributed by atoms with Gasteiger partial charge in [-0.1, -0.05) is 32.0 Å². The second kappa shape index (κ2) is 7.24. The SMILES string of the molecule is CSCCC(=O)NC1CC(C)(C)Cc2c1cnn2-c1ccccc1C. The van der Waals surface area contributed by atoms with E-state index in [2.05, 4.69) is 48.0 Å². The van der Waals surface area contributed by atoms with Crippen molar-refractivity contribution >= 4 is 17.7 Å². The molecule has 1 heterocycles. The number of nitrogens with zero attached hydrogens (tertiary/aromatic N) is 2. The van der Waals surface area contributed by atoms with E-state index in [0.717, 1.165) is 24.3 Å². The maximum absolute atomic E-state index is 12.3. The monoisotopic (exact) mass is 357 g/mol. The van der Waals surface area contributed by atoms with Crippen molar-refractivity contribution in [1.82, 2.24) is 15.1 Å². The third-order valence-electron chi connectivity index (χ3n) is 4.89. The molecule has 1 amide bonds. The number of carbonyl (C=O) groups is 1. The number of rotatable bonds is 5. The summed E-state index contributed by atoms with van der Waals surface area (Å²) in [6, 6.07) is 8.36. The highest BCUT2D eigenvalue weighted by atomic mass is 32.2. The average molecular weight is 358 g/mol. The highest BCUT2D eigenvalue weighted by Crippen LogP contribution is 2.41. The van der Waals surface area contributed by atoms with E-state index in [4.69, 9.17) is 0 Å². The molecule has 1 aliphatic rings. The Kier molecular flexibility index (Phi) is 5.23. The lowest BCUT2D eigenvalue weighted by Gasteiger charge is -2.36. The van der Waals surface area contributed by atoms with Gasteiger partial charge in [0.15, 0.2) is 0 Å². The third-order valence-corrected chi connectivity index (χ3v) is 5.50. The van der Waals surface area contributed by atoms with Gasteiger partial charge in [0.1, 0.15) is 0 Å². The molecule has 1 atom stereocenters. The minimum Gasteiger partial charge on any atom is -0.349 e. The van der Waals surface area contributed by atoms with Crippen molar-refractivity contribution in [1.29, 1.82) is 0 Å². The number of benzene rings is 1. The lowest BCUT2D eigenvalue weighted by Crippen LogP contribution is -2.36. The van der Waals surface area contributed by atoms with Gasteiger partial charge in [0, 0.05) is 17.7 Å². The van der Waals surface area contributed by atoms with Crippen molar-refractivity contribution in [3.05, 3.63) is 47.3 Å². The zero-order chi connectivity index (χ0) is 18.0. The van der Waals surface area contributed by atoms with Crippen LogP contribution in [0.4, 0.5) is 0 Å². The van der Waals surface area contributed by atoms with Crippen molar-refractivity contribution in [3.63, 3.8) is 0 Å². The van der Waals surface area contributed by atoms with Gasteiger partial charge in [-0.25, -0.2) is 4.68 Å². The van der Waals surface area contributed by atoms with E-state index in [1.165, 1.54) is 16.8 Å². The van der Waals surface area contributed by atoms with Crippen LogP contribution in [0.25, 0.3) is 5.69 Å². The predicted octanol–water partition coefficient (Wildman–Crippen LogP) is 4.06. The van der Waals surface area contributed by atoms with Crippen LogP contribution in [0.5, 0.6) is 0 Å². The number of hydrogen-bond donors (Lipinski definition) is 1. The Balaban J connectivity index is 1.94. The molecule has 0 saturated carbocycles. The highest BCUT2D eigenvalue weighted by molar-refractivity contribution is 7.98. The molecule has 0 saturated heterocycles. The quantitative estimate of drug-likeness (QED) is 0.878. The maximum atomic E-state index is 12.3. The largest absolute Gasteiger partial charge is 0.349 e. The van der Waals surface area contributed by atoms with Crippen LogP contribution in [0.3, 0.4) is 0 Å². The van der Waals surface area contributed by atoms with Crippen LogP contribution in [0.2, 0.25) is 0 Å². The lowest BCUT2D eigenvalue weighted by atomic mass is 9.74. The van der Waals surface area contributed by atoms with Crippen molar-refractivity contribution in [3.8, 4) is 5.69 Å². The van der Waals surface area contributed by atoms with Gasteiger partial charge in [0.05, 0.1) is 23.6 Å². The molecule has 0 fully saturated rings. The molecule has 1 N–H and O–H groups in total. The van der Waals surface area contributed by atoms with Crippen LogP contribution >= 0.6 is 11.8 Å². The smallest absolute Gasteiger partial charge is 0.221 e. The fraction of sp³-hybridized carbons (Fsp3) is 0.500. The Labute approximate surface area is 154 Å². The van der Waals surface area contributed by atoms with Gasteiger partial charge < -0.3 is 5.32 Å². The standard InChI is InChI=1S/C20H27N3OS/c1-14-7-5-6-8-17(14)23-18-12-20(2,3)11-16(15(18)13-21-23)22-19(24)9-10-25-4/h5-8,13,16H,9-12H2,1-4H3,(H,22,24). The highest BCUT2D eigenvalue weighted by Gasteiger charge is 2.36. The van der Waals surface area contributed by atoms with Crippen LogP contribution in [0.15, 0.2) is 30.5 Å². The first-order valence-corrected chi connectivity index (χ1v) is 10.2. The van der Waals surface area contributed by atoms with Gasteiger partial charge in [-0.2, -0.15) is 16.9 Å². The molecular weight excluding hydrogens is 330 g/mol. The zero-order valence-corrected chi connectivity index (χ0v) is 16.3. The number of fused-ring (bicyclic) bond motifs is 1. The number of amides is 1. The summed E-state index contributed by atoms with van der Waals surface area (Å²) in [6.45, 7) is 6.65. The summed E-state index contributed by atoms with van der Waals surface area (Å²) in [5.74, 6) is 0.990. The molecule has 0 radical (unpaired) electrons. The Morgan fingerprint density at radius 3 is 2.88 bits per heavy atom. The number of aromatic nitrogens is 2. The van der Waals surface area contributed by atoms with Crippen LogP contribution in [-0.2, 0) is 11.2 Å². The molecule has 0 aliphatic heterocycles. The summed E-state index contributed by atoms with van der Waals surface area (Å²) >= 11 is 1.70. The predicted molar refractivity (Wildman–Crippen MR) is 104 cm³/mol. The van der Waals surface area contributed by atoms with E-state index >= 15 is 0 Å². The molecule has 25 heavy (non-hydrogen) atoms. The summed E-state index contributed by atoms with van der Waals surface area (Å²) in [4.78, 5) is 12.3. The first-order chi connectivity index (χ1) is 11.9. The Morgan fingerprint density at radius 2 is 2.16 bits per heavy atom. The Bertz CT molecular complexity index is 766. The van der Waals surface area contributed by atoms with Gasteiger partial charge in [-0.05, 0) is 43.1 Å². The number of thioether (sulfide) groups is 1. The number of hydrogen-bond acceptors (Lipinski definition) is 3. The van der Waals surface area contributed by atoms with E-state index < -0.39 is 0 Å². The second-order valence-corrected chi connectivity index (χ2v) is 8.64. The first-order valence-electron chi connectivity index (χ1n) is 8.82. The molecule has 0 spiro atoms. The minimum atomic E-state index is 0.0471. The first kappa shape index (κ1) is 18.1. The average Bonchev–Trinajstić information content (AvgIpc) is 2.95. The Morgan fingerprint density at radius 1 is 1.40 bits per heavy atom. The van der Waals surface area contributed by atoms with E-state index in [1.807, 2.05) is 24.6 Å². The van der Waals surface area contributed by atoms with Gasteiger partial charge in [-0.15, -0.1) is 0 Å². The molecule has 1 aromatic carbocycles. The summed E-state index contributed by atoms with van der Waals surface area (Å²) in [7, 11) is 0. The zero-order valence-electron chi connectivity index (χ0n) is 15.5. The number of carbonyl (C=O) groups excluding carboxylic acids is 1. The minimum absolute atomic E-state index is 0.0471. The molecule has 1 aromatic heterocycles. The van der Waals surface area contributed by atoms with Crippen LogP contribution in [0, 0.1) is 12.3 Å². The third kappa shape index (κ3) is 3.92. The van der Waals surface area contributed by atoms with Crippen molar-refractivity contribution in [2.75, 3.05) is 12.0 Å². The molecular formula is C20H27N3OS. The van der Waals surface area contributed by atoms with E-state index in [9.17, 15) is 4.79 Å². The van der Waals surface area contributed by atoms with E-state index in [-0.39, 0.29) is 17.4 Å². The molecule has 3 rings (SSSR count). The van der Waals surface area contributed by atoms with Crippen molar-refractivity contribution in [2.45, 2.75) is 46.1 Å². The lowest BCUT2D eigenvalue weighted by molar-refractivity contribution is -0.121. The normalized spacial score (nSPS) is 18.6. The fourth-order valence-corrected chi connectivity index (χ4v) is 4.03. The van der Waals surface area contributed by atoms with Crippen LogP contribution in [0.1, 0.15) is 49.6 Å². The molecule has 4 nitrogen and oxygen atoms in total. The Hall–Kier alpha value is -1.75. The topological polar surface area (TPSA) is 46.9 Å². The summed E-state index contributed by atoms with van der Waals surface area (Å²) < 4.78 is 2.06. The van der Waals surface area contributed by atoms with Gasteiger partial charge >= 0.3 is 0 Å². The molecule has 5 heteroatoms. The van der Waals surface area contributed by atoms with Gasteiger partial charge in [0.2, 0.25) is 5.91 Å². The maximum Gasteiger partial charge on any atom is 0.221 e. The van der Waals surface area contributed by atoms with E-state index in [0.29, 0.717) is 6.42 Å². The molecule has 1 unspecified atom stereocenters. The van der Waals surface area contributed by atoms with Gasteiger partial charge in [0.25, 0.3) is 0 Å². The summed E-state index contributed by atoms with van der Waals surface area (Å²) in [6.07, 6.45) is 6.45.